The van der Waals surface area contributed by atoms with Crippen LogP contribution in [0.2, 0.25) is 0 Å². The van der Waals surface area contributed by atoms with Crippen molar-refractivity contribution in [2.75, 3.05) is 6.61 Å². The smallest absolute Gasteiger partial charge is 0.274 e. The number of aromatic amines is 1. The highest BCUT2D eigenvalue weighted by atomic mass is 16.5. The molecule has 0 aliphatic heterocycles. The second-order valence-electron chi connectivity index (χ2n) is 3.76. The predicted octanol–water partition coefficient (Wildman–Crippen LogP) is 1.67. The fourth-order valence-corrected chi connectivity index (χ4v) is 1.84. The van der Waals surface area contributed by atoms with Crippen LogP contribution in [0, 0.1) is 6.57 Å². The van der Waals surface area contributed by atoms with Crippen LogP contribution in [-0.2, 0) is 17.8 Å². The third-order valence-corrected chi connectivity index (χ3v) is 2.74. The van der Waals surface area contributed by atoms with Crippen LogP contribution in [-0.4, -0.2) is 21.2 Å². The number of rotatable bonds is 4. The van der Waals surface area contributed by atoms with Gasteiger partial charge in [-0.25, -0.2) is 14.3 Å². The number of aromatic nitrogens is 3. The van der Waals surface area contributed by atoms with E-state index in [-0.39, 0.29) is 5.56 Å². The highest BCUT2D eigenvalue weighted by Gasteiger charge is 2.14. The average molecular weight is 246 g/mol. The minimum absolute atomic E-state index is 0.160. The number of hydrogen-bond acceptors (Lipinski definition) is 3. The maximum Gasteiger partial charge on any atom is 0.274 e. The van der Waals surface area contributed by atoms with Gasteiger partial charge in [0.05, 0.1) is 18.9 Å². The van der Waals surface area contributed by atoms with Crippen LogP contribution in [0.3, 0.4) is 0 Å². The molecule has 0 fully saturated rings. The Bertz CT molecular complexity index is 663. The Morgan fingerprint density at radius 1 is 1.56 bits per heavy atom. The first-order chi connectivity index (χ1) is 8.72. The molecular weight excluding hydrogens is 232 g/mol. The van der Waals surface area contributed by atoms with Crippen molar-refractivity contribution in [1.82, 2.24) is 14.6 Å². The Morgan fingerprint density at radius 2 is 2.33 bits per heavy atom. The second kappa shape index (κ2) is 5.02. The standard InChI is InChI=1S/C12H14N4O2/c1-4-8-10(7-18-5-2)15-11-9(13-3)6-14-16(11)12(8)17/h6,14H,4-5,7H2,1-2H3. The zero-order chi connectivity index (χ0) is 13.1. The molecule has 6 heteroatoms. The first kappa shape index (κ1) is 12.3. The Balaban J connectivity index is 2.68. The lowest BCUT2D eigenvalue weighted by Gasteiger charge is -2.07. The zero-order valence-electron chi connectivity index (χ0n) is 10.4. The lowest BCUT2D eigenvalue weighted by atomic mass is 10.2. The first-order valence-corrected chi connectivity index (χ1v) is 5.80. The van der Waals surface area contributed by atoms with E-state index >= 15 is 0 Å². The third kappa shape index (κ3) is 1.89. The molecule has 0 amide bonds. The van der Waals surface area contributed by atoms with Gasteiger partial charge >= 0.3 is 0 Å². The van der Waals surface area contributed by atoms with Gasteiger partial charge in [0, 0.05) is 18.4 Å². The summed E-state index contributed by atoms with van der Waals surface area (Å²) >= 11 is 0. The maximum atomic E-state index is 12.2. The molecule has 0 spiro atoms. The number of hydrogen-bond donors (Lipinski definition) is 1. The molecular formula is C12H14N4O2. The minimum atomic E-state index is -0.160. The van der Waals surface area contributed by atoms with Gasteiger partial charge < -0.3 is 9.84 Å². The molecule has 0 aliphatic rings. The fraction of sp³-hybridized carbons (Fsp3) is 0.417. The molecule has 0 bridgehead atoms. The molecule has 18 heavy (non-hydrogen) atoms. The number of H-pyrrole nitrogens is 1. The highest BCUT2D eigenvalue weighted by Crippen LogP contribution is 2.18. The van der Waals surface area contributed by atoms with Crippen molar-refractivity contribution in [2.45, 2.75) is 26.9 Å². The molecule has 2 rings (SSSR count). The molecule has 94 valence electrons. The van der Waals surface area contributed by atoms with Crippen molar-refractivity contribution >= 4 is 11.3 Å². The van der Waals surface area contributed by atoms with Crippen molar-refractivity contribution in [2.24, 2.45) is 0 Å². The van der Waals surface area contributed by atoms with Crippen LogP contribution >= 0.6 is 0 Å². The Kier molecular flexibility index (Phi) is 3.44. The van der Waals surface area contributed by atoms with Crippen LogP contribution in [0.25, 0.3) is 10.5 Å². The zero-order valence-corrected chi connectivity index (χ0v) is 10.4. The minimum Gasteiger partial charge on any atom is -0.375 e. The highest BCUT2D eigenvalue weighted by molar-refractivity contribution is 5.67. The largest absolute Gasteiger partial charge is 0.375 e. The topological polar surface area (TPSA) is 63.8 Å². The fourth-order valence-electron chi connectivity index (χ4n) is 1.84. The number of fused-ring (bicyclic) bond motifs is 1. The number of nitrogens with one attached hydrogen (secondary N) is 1. The van der Waals surface area contributed by atoms with E-state index in [9.17, 15) is 4.79 Å². The summed E-state index contributed by atoms with van der Waals surface area (Å²) in [4.78, 5) is 19.9. The second-order valence-corrected chi connectivity index (χ2v) is 3.76. The van der Waals surface area contributed by atoms with E-state index < -0.39 is 0 Å². The third-order valence-electron chi connectivity index (χ3n) is 2.74. The van der Waals surface area contributed by atoms with E-state index in [2.05, 4.69) is 14.9 Å². The van der Waals surface area contributed by atoms with Crippen molar-refractivity contribution in [3.05, 3.63) is 39.2 Å². The maximum absolute atomic E-state index is 12.2. The summed E-state index contributed by atoms with van der Waals surface area (Å²) in [6.07, 6.45) is 2.07. The SMILES string of the molecule is [C-]#[N+]c1c[nH]n2c(=O)c(CC)c(COCC)nc12. The van der Waals surface area contributed by atoms with Crippen molar-refractivity contribution in [1.29, 1.82) is 0 Å². The molecule has 0 radical (unpaired) electrons. The van der Waals surface area contributed by atoms with Gasteiger partial charge in [-0.05, 0) is 13.3 Å². The Labute approximate surface area is 104 Å². The van der Waals surface area contributed by atoms with Gasteiger partial charge in [-0.1, -0.05) is 6.92 Å². The summed E-state index contributed by atoms with van der Waals surface area (Å²) in [6.45, 7) is 11.7. The summed E-state index contributed by atoms with van der Waals surface area (Å²) in [7, 11) is 0. The van der Waals surface area contributed by atoms with Gasteiger partial charge in [-0.15, -0.1) is 0 Å². The monoisotopic (exact) mass is 246 g/mol. The Hall–Kier alpha value is -2.13. The average Bonchev–Trinajstić information content (AvgIpc) is 2.79. The van der Waals surface area contributed by atoms with Gasteiger partial charge in [0.25, 0.3) is 5.56 Å². The molecule has 0 saturated heterocycles. The van der Waals surface area contributed by atoms with E-state index in [1.807, 2.05) is 13.8 Å². The van der Waals surface area contributed by atoms with Gasteiger partial charge in [0.15, 0.2) is 5.65 Å². The first-order valence-electron chi connectivity index (χ1n) is 5.80. The summed E-state index contributed by atoms with van der Waals surface area (Å²) in [6, 6.07) is 0. The summed E-state index contributed by atoms with van der Waals surface area (Å²) in [5, 5.41) is 2.75. The molecule has 0 atom stereocenters. The molecule has 2 heterocycles. The van der Waals surface area contributed by atoms with Crippen LogP contribution in [0.5, 0.6) is 0 Å². The molecule has 0 aromatic carbocycles. The number of nitrogens with zero attached hydrogens (tertiary/aromatic N) is 3. The molecule has 0 saturated carbocycles. The van der Waals surface area contributed by atoms with Gasteiger partial charge in [-0.2, -0.15) is 0 Å². The van der Waals surface area contributed by atoms with E-state index in [1.54, 1.807) is 0 Å². The van der Waals surface area contributed by atoms with E-state index in [1.165, 1.54) is 10.7 Å². The summed E-state index contributed by atoms with van der Waals surface area (Å²) in [5.41, 5.74) is 1.79. The van der Waals surface area contributed by atoms with Gasteiger partial charge in [0.1, 0.15) is 0 Å². The summed E-state index contributed by atoms with van der Waals surface area (Å²) < 4.78 is 6.62. The van der Waals surface area contributed by atoms with Crippen molar-refractivity contribution in [3.63, 3.8) is 0 Å². The van der Waals surface area contributed by atoms with Gasteiger partial charge in [0.2, 0.25) is 5.69 Å². The molecule has 6 nitrogen and oxygen atoms in total. The predicted molar refractivity (Wildman–Crippen MR) is 66.8 cm³/mol. The van der Waals surface area contributed by atoms with E-state index in [0.29, 0.717) is 42.2 Å². The van der Waals surface area contributed by atoms with Crippen molar-refractivity contribution < 1.29 is 4.74 Å². The molecule has 2 aromatic rings. The Morgan fingerprint density at radius 3 is 2.94 bits per heavy atom. The van der Waals surface area contributed by atoms with Crippen LogP contribution < -0.4 is 5.56 Å². The van der Waals surface area contributed by atoms with E-state index in [0.717, 1.165) is 0 Å². The quantitative estimate of drug-likeness (QED) is 0.835. The van der Waals surface area contributed by atoms with E-state index in [4.69, 9.17) is 11.3 Å². The summed E-state index contributed by atoms with van der Waals surface area (Å²) in [5.74, 6) is 0. The van der Waals surface area contributed by atoms with Gasteiger partial charge in [-0.3, -0.25) is 4.79 Å². The van der Waals surface area contributed by atoms with Crippen LogP contribution in [0.15, 0.2) is 11.0 Å². The molecule has 1 N–H and O–H groups in total. The molecule has 2 aromatic heterocycles. The lowest BCUT2D eigenvalue weighted by molar-refractivity contribution is 0.130. The van der Waals surface area contributed by atoms with Crippen LogP contribution in [0.1, 0.15) is 25.1 Å². The molecule has 0 aliphatic carbocycles. The van der Waals surface area contributed by atoms with Crippen LogP contribution in [0.4, 0.5) is 5.69 Å². The molecule has 0 unspecified atom stereocenters. The number of ether oxygens (including phenoxy) is 1. The lowest BCUT2D eigenvalue weighted by Crippen LogP contribution is -2.22. The normalized spacial score (nSPS) is 10.7. The van der Waals surface area contributed by atoms with Crippen molar-refractivity contribution in [3.8, 4) is 0 Å².